The Bertz CT molecular complexity index is 1580. The Balaban J connectivity index is 1.36. The predicted octanol–water partition coefficient (Wildman–Crippen LogP) is 6.99. The minimum Gasteiger partial charge on any atom is -0.493 e. The second-order valence-corrected chi connectivity index (χ2v) is 12.7. The molecule has 45 heavy (non-hydrogen) atoms. The van der Waals surface area contributed by atoms with Gasteiger partial charge in [-0.1, -0.05) is 6.92 Å². The van der Waals surface area contributed by atoms with Gasteiger partial charge in [0.15, 0.2) is 40.4 Å². The van der Waals surface area contributed by atoms with E-state index in [0.29, 0.717) is 33.5 Å². The van der Waals surface area contributed by atoms with Crippen LogP contribution in [-0.4, -0.2) is 55.6 Å². The van der Waals surface area contributed by atoms with Crippen LogP contribution in [0.2, 0.25) is 0 Å². The van der Waals surface area contributed by atoms with E-state index in [0.717, 1.165) is 0 Å². The summed E-state index contributed by atoms with van der Waals surface area (Å²) in [5, 5.41) is 0.286. The van der Waals surface area contributed by atoms with E-state index in [9.17, 15) is 14.4 Å². The number of amides is 1. The van der Waals surface area contributed by atoms with Crippen molar-refractivity contribution in [2.45, 2.75) is 78.5 Å². The lowest BCUT2D eigenvalue weighted by atomic mass is 10.1. The van der Waals surface area contributed by atoms with Crippen LogP contribution in [0.1, 0.15) is 80.6 Å². The SMILES string of the molecule is CCCC(=O)c1cc2c(F)c(OCCCOc3c(OC)cc4c(c3F)CN(C(=O)CCC(=O)OC(C)(C)C)C4)c(OC)cc2s1. The van der Waals surface area contributed by atoms with Crippen LogP contribution in [0.25, 0.3) is 10.1 Å². The molecular weight excluding hydrogens is 608 g/mol. The molecule has 0 atom stereocenters. The van der Waals surface area contributed by atoms with E-state index in [1.807, 2.05) is 6.92 Å². The maximum atomic E-state index is 15.6. The minimum absolute atomic E-state index is 0.0326. The van der Waals surface area contributed by atoms with Gasteiger partial charge in [0.1, 0.15) is 5.60 Å². The normalized spacial score (nSPS) is 12.7. The number of carbonyl (C=O) groups is 3. The molecule has 0 N–H and O–H groups in total. The number of fused-ring (bicyclic) bond motifs is 2. The molecule has 0 saturated carbocycles. The first-order valence-corrected chi connectivity index (χ1v) is 15.6. The van der Waals surface area contributed by atoms with Crippen LogP contribution >= 0.6 is 11.3 Å². The van der Waals surface area contributed by atoms with E-state index in [1.165, 1.54) is 30.5 Å². The van der Waals surface area contributed by atoms with E-state index in [2.05, 4.69) is 0 Å². The monoisotopic (exact) mass is 647 g/mol. The number of methoxy groups -OCH3 is 2. The molecule has 0 unspecified atom stereocenters. The first-order chi connectivity index (χ1) is 21.4. The number of halogens is 2. The summed E-state index contributed by atoms with van der Waals surface area (Å²) in [6, 6.07) is 4.83. The summed E-state index contributed by atoms with van der Waals surface area (Å²) in [5.41, 5.74) is 0.269. The van der Waals surface area contributed by atoms with Crippen molar-refractivity contribution in [3.05, 3.63) is 45.8 Å². The van der Waals surface area contributed by atoms with Gasteiger partial charge in [0.05, 0.1) is 38.7 Å². The molecule has 244 valence electrons. The van der Waals surface area contributed by atoms with Crippen molar-refractivity contribution >= 4 is 39.1 Å². The fraction of sp³-hybridized carbons (Fsp3) is 0.485. The van der Waals surface area contributed by atoms with Crippen molar-refractivity contribution < 1.29 is 46.8 Å². The van der Waals surface area contributed by atoms with Gasteiger partial charge in [0.25, 0.3) is 0 Å². The van der Waals surface area contributed by atoms with Crippen molar-refractivity contribution in [1.82, 2.24) is 4.90 Å². The van der Waals surface area contributed by atoms with Gasteiger partial charge < -0.3 is 28.6 Å². The fourth-order valence-electron chi connectivity index (χ4n) is 4.96. The molecule has 1 aliphatic rings. The van der Waals surface area contributed by atoms with Gasteiger partial charge >= 0.3 is 5.97 Å². The van der Waals surface area contributed by atoms with Gasteiger partial charge in [-0.25, -0.2) is 8.78 Å². The maximum absolute atomic E-state index is 15.6. The van der Waals surface area contributed by atoms with E-state index >= 15 is 8.78 Å². The predicted molar refractivity (Wildman–Crippen MR) is 165 cm³/mol. The van der Waals surface area contributed by atoms with E-state index in [-0.39, 0.29) is 85.6 Å². The molecule has 0 fully saturated rings. The molecule has 0 radical (unpaired) electrons. The van der Waals surface area contributed by atoms with Crippen LogP contribution in [-0.2, 0) is 27.4 Å². The van der Waals surface area contributed by atoms with Crippen LogP contribution in [0.5, 0.6) is 23.0 Å². The highest BCUT2D eigenvalue weighted by atomic mass is 32.1. The standard InChI is InChI=1S/C33H39F2NO8S/c1-7-9-22(37)26-15-20-25(45-26)16-24(41-6)32(29(20)34)43-13-8-12-42-31-23(40-5)14-19-17-36(18-21(19)30(31)35)27(38)10-11-28(39)44-33(2,3)4/h14-16H,7-13,17-18H2,1-6H3. The summed E-state index contributed by atoms with van der Waals surface area (Å²) in [4.78, 5) is 39.1. The Hall–Kier alpha value is -3.93. The summed E-state index contributed by atoms with van der Waals surface area (Å²) >= 11 is 1.21. The molecule has 1 amide bonds. The largest absolute Gasteiger partial charge is 0.493 e. The Labute approximate surface area is 265 Å². The lowest BCUT2D eigenvalue weighted by Gasteiger charge is -2.20. The summed E-state index contributed by atoms with van der Waals surface area (Å²) in [7, 11) is 2.80. The van der Waals surface area contributed by atoms with Crippen molar-refractivity contribution in [1.29, 1.82) is 0 Å². The molecular formula is C33H39F2NO8S. The molecule has 0 spiro atoms. The van der Waals surface area contributed by atoms with Crippen LogP contribution in [0.15, 0.2) is 18.2 Å². The van der Waals surface area contributed by atoms with E-state index < -0.39 is 23.2 Å². The van der Waals surface area contributed by atoms with Crippen molar-refractivity contribution in [2.24, 2.45) is 0 Å². The highest BCUT2D eigenvalue weighted by Gasteiger charge is 2.31. The van der Waals surface area contributed by atoms with Gasteiger partial charge in [0, 0.05) is 54.1 Å². The number of carbonyl (C=O) groups excluding carboxylic acids is 3. The summed E-state index contributed by atoms with van der Waals surface area (Å²) in [6.45, 7) is 7.46. The van der Waals surface area contributed by atoms with E-state index in [4.69, 9.17) is 23.7 Å². The Morgan fingerprint density at radius 3 is 2.16 bits per heavy atom. The fourth-order valence-corrected chi connectivity index (χ4v) is 6.02. The molecule has 1 aromatic heterocycles. The first-order valence-electron chi connectivity index (χ1n) is 14.8. The molecule has 0 saturated heterocycles. The summed E-state index contributed by atoms with van der Waals surface area (Å²) < 4.78 is 59.1. The van der Waals surface area contributed by atoms with Crippen molar-refractivity contribution in [3.8, 4) is 23.0 Å². The van der Waals surface area contributed by atoms with Crippen molar-refractivity contribution in [2.75, 3.05) is 27.4 Å². The molecule has 0 bridgehead atoms. The smallest absolute Gasteiger partial charge is 0.306 e. The van der Waals surface area contributed by atoms with Gasteiger partial charge in [0.2, 0.25) is 5.91 Å². The second kappa shape index (κ2) is 14.4. The number of esters is 1. The van der Waals surface area contributed by atoms with Gasteiger partial charge in [-0.05, 0) is 44.9 Å². The summed E-state index contributed by atoms with van der Waals surface area (Å²) in [5.74, 6) is -1.83. The number of hydrogen-bond donors (Lipinski definition) is 0. The zero-order valence-electron chi connectivity index (χ0n) is 26.5. The Kier molecular flexibility index (Phi) is 10.9. The Morgan fingerprint density at radius 2 is 1.53 bits per heavy atom. The molecule has 4 rings (SSSR count). The van der Waals surface area contributed by atoms with E-state index in [1.54, 1.807) is 39.0 Å². The number of benzene rings is 2. The third kappa shape index (κ3) is 8.02. The minimum atomic E-state index is -0.644. The maximum Gasteiger partial charge on any atom is 0.306 e. The zero-order chi connectivity index (χ0) is 32.9. The average Bonchev–Trinajstić information content (AvgIpc) is 3.62. The number of thiophene rings is 1. The first kappa shape index (κ1) is 34.0. The summed E-state index contributed by atoms with van der Waals surface area (Å²) in [6.07, 6.45) is 1.25. The van der Waals surface area contributed by atoms with Gasteiger partial charge in [-0.3, -0.25) is 14.4 Å². The highest BCUT2D eigenvalue weighted by molar-refractivity contribution is 7.20. The lowest BCUT2D eigenvalue weighted by molar-refractivity contribution is -0.156. The molecule has 2 aromatic carbocycles. The van der Waals surface area contributed by atoms with Gasteiger partial charge in [-0.2, -0.15) is 0 Å². The van der Waals surface area contributed by atoms with Crippen LogP contribution in [0, 0.1) is 11.6 Å². The second-order valence-electron chi connectivity index (χ2n) is 11.7. The number of rotatable bonds is 14. The number of ether oxygens (including phenoxy) is 5. The topological polar surface area (TPSA) is 101 Å². The molecule has 12 heteroatoms. The third-order valence-electron chi connectivity index (χ3n) is 7.06. The molecule has 0 aliphatic carbocycles. The molecule has 9 nitrogen and oxygen atoms in total. The zero-order valence-corrected chi connectivity index (χ0v) is 27.3. The van der Waals surface area contributed by atoms with Crippen LogP contribution in [0.3, 0.4) is 0 Å². The molecule has 3 aromatic rings. The molecule has 2 heterocycles. The number of ketones is 1. The number of Topliss-reactive ketones (excluding diaryl/α,β-unsaturated/α-hetero) is 1. The molecule has 1 aliphatic heterocycles. The number of hydrogen-bond acceptors (Lipinski definition) is 9. The van der Waals surface area contributed by atoms with Crippen LogP contribution in [0.4, 0.5) is 8.78 Å². The lowest BCUT2D eigenvalue weighted by Crippen LogP contribution is -2.28. The van der Waals surface area contributed by atoms with Crippen LogP contribution < -0.4 is 18.9 Å². The highest BCUT2D eigenvalue weighted by Crippen LogP contribution is 2.41. The average molecular weight is 648 g/mol. The third-order valence-corrected chi connectivity index (χ3v) is 8.19. The van der Waals surface area contributed by atoms with Crippen molar-refractivity contribution in [3.63, 3.8) is 0 Å². The van der Waals surface area contributed by atoms with Gasteiger partial charge in [-0.15, -0.1) is 11.3 Å². The quantitative estimate of drug-likeness (QED) is 0.105. The Morgan fingerprint density at radius 1 is 0.889 bits per heavy atom. The number of nitrogens with zero attached hydrogens (tertiary/aromatic N) is 1.